The van der Waals surface area contributed by atoms with Crippen LogP contribution in [0.1, 0.15) is 5.56 Å². The van der Waals surface area contributed by atoms with Gasteiger partial charge in [0, 0.05) is 17.8 Å². The molecule has 0 saturated carbocycles. The minimum atomic E-state index is 0.341. The second-order valence-corrected chi connectivity index (χ2v) is 3.25. The van der Waals surface area contributed by atoms with E-state index in [9.17, 15) is 0 Å². The molecule has 0 aliphatic carbocycles. The summed E-state index contributed by atoms with van der Waals surface area (Å²) in [5, 5.41) is 9.94. The average Bonchev–Trinajstić information content (AvgIpc) is 2.20. The standard InChI is InChI=1S/C10H6ClN3/c11-9-2-4-13-10-8(9)5-7(1-3-12)6-14-10/h2,4-6H,1H2. The molecule has 0 N–H and O–H groups in total. The number of hydrogen-bond acceptors (Lipinski definition) is 3. The van der Waals surface area contributed by atoms with Crippen molar-refractivity contribution >= 4 is 22.6 Å². The largest absolute Gasteiger partial charge is 0.237 e. The van der Waals surface area contributed by atoms with Gasteiger partial charge < -0.3 is 0 Å². The number of nitrogens with zero attached hydrogens (tertiary/aromatic N) is 3. The van der Waals surface area contributed by atoms with Gasteiger partial charge in [-0.25, -0.2) is 9.97 Å². The van der Waals surface area contributed by atoms with Gasteiger partial charge in [0.15, 0.2) is 5.65 Å². The van der Waals surface area contributed by atoms with Crippen molar-refractivity contribution in [3.05, 3.63) is 35.1 Å². The van der Waals surface area contributed by atoms with E-state index in [-0.39, 0.29) is 0 Å². The number of rotatable bonds is 1. The van der Waals surface area contributed by atoms with Crippen LogP contribution in [0.2, 0.25) is 5.02 Å². The second kappa shape index (κ2) is 3.60. The Labute approximate surface area is 86.0 Å². The summed E-state index contributed by atoms with van der Waals surface area (Å²) in [5.41, 5.74) is 1.47. The number of nitriles is 1. The van der Waals surface area contributed by atoms with Gasteiger partial charge in [0.25, 0.3) is 0 Å². The van der Waals surface area contributed by atoms with E-state index in [4.69, 9.17) is 16.9 Å². The summed E-state index contributed by atoms with van der Waals surface area (Å²) >= 11 is 5.97. The maximum Gasteiger partial charge on any atom is 0.160 e. The molecule has 0 saturated heterocycles. The lowest BCUT2D eigenvalue weighted by Gasteiger charge is -1.99. The molecule has 0 atom stereocenters. The van der Waals surface area contributed by atoms with Crippen LogP contribution in [0, 0.1) is 11.3 Å². The molecule has 2 heterocycles. The van der Waals surface area contributed by atoms with Gasteiger partial charge in [-0.15, -0.1) is 0 Å². The number of halogens is 1. The zero-order valence-corrected chi connectivity index (χ0v) is 7.99. The van der Waals surface area contributed by atoms with Crippen LogP contribution in [0.3, 0.4) is 0 Å². The van der Waals surface area contributed by atoms with Crippen molar-refractivity contribution in [2.75, 3.05) is 0 Å². The monoisotopic (exact) mass is 203 g/mol. The van der Waals surface area contributed by atoms with Crippen molar-refractivity contribution < 1.29 is 0 Å². The maximum atomic E-state index is 8.53. The molecule has 2 rings (SSSR count). The van der Waals surface area contributed by atoms with Crippen molar-refractivity contribution in [1.29, 1.82) is 5.26 Å². The van der Waals surface area contributed by atoms with Crippen LogP contribution in [-0.4, -0.2) is 9.97 Å². The Morgan fingerprint density at radius 1 is 1.43 bits per heavy atom. The first-order valence-electron chi connectivity index (χ1n) is 4.07. The molecule has 14 heavy (non-hydrogen) atoms. The molecule has 0 unspecified atom stereocenters. The van der Waals surface area contributed by atoms with Gasteiger partial charge in [0.05, 0.1) is 17.5 Å². The van der Waals surface area contributed by atoms with Crippen LogP contribution in [-0.2, 0) is 6.42 Å². The van der Waals surface area contributed by atoms with Crippen LogP contribution in [0.4, 0.5) is 0 Å². The number of fused-ring (bicyclic) bond motifs is 1. The van der Waals surface area contributed by atoms with Gasteiger partial charge in [-0.2, -0.15) is 5.26 Å². The summed E-state index contributed by atoms with van der Waals surface area (Å²) < 4.78 is 0. The summed E-state index contributed by atoms with van der Waals surface area (Å²) in [6.07, 6.45) is 3.60. The maximum absolute atomic E-state index is 8.53. The Hall–Kier alpha value is -1.66. The lowest BCUT2D eigenvalue weighted by atomic mass is 10.2. The molecular formula is C10H6ClN3. The predicted molar refractivity (Wildman–Crippen MR) is 53.9 cm³/mol. The van der Waals surface area contributed by atoms with E-state index in [2.05, 4.69) is 16.0 Å². The van der Waals surface area contributed by atoms with Crippen molar-refractivity contribution in [1.82, 2.24) is 9.97 Å². The molecule has 0 bridgehead atoms. The molecule has 0 radical (unpaired) electrons. The molecule has 0 aliphatic rings. The van der Waals surface area contributed by atoms with Crippen molar-refractivity contribution in [3.63, 3.8) is 0 Å². The molecule has 2 aromatic heterocycles. The molecule has 0 amide bonds. The number of pyridine rings is 2. The first kappa shape index (κ1) is 8.92. The van der Waals surface area contributed by atoms with Gasteiger partial charge in [0.1, 0.15) is 0 Å². The highest BCUT2D eigenvalue weighted by Gasteiger charge is 2.01. The Kier molecular flexibility index (Phi) is 2.30. The summed E-state index contributed by atoms with van der Waals surface area (Å²) in [4.78, 5) is 8.18. The van der Waals surface area contributed by atoms with Crippen molar-refractivity contribution in [2.45, 2.75) is 6.42 Å². The van der Waals surface area contributed by atoms with Crippen molar-refractivity contribution in [2.24, 2.45) is 0 Å². The Balaban J connectivity index is 2.65. The topological polar surface area (TPSA) is 49.6 Å². The van der Waals surface area contributed by atoms with E-state index in [1.54, 1.807) is 18.5 Å². The summed E-state index contributed by atoms with van der Waals surface area (Å²) in [6.45, 7) is 0. The van der Waals surface area contributed by atoms with Crippen LogP contribution in [0.15, 0.2) is 24.5 Å². The second-order valence-electron chi connectivity index (χ2n) is 2.84. The van der Waals surface area contributed by atoms with E-state index in [0.29, 0.717) is 17.1 Å². The van der Waals surface area contributed by atoms with Gasteiger partial charge in [-0.3, -0.25) is 0 Å². The van der Waals surface area contributed by atoms with E-state index >= 15 is 0 Å². The quantitative estimate of drug-likeness (QED) is 0.715. The zero-order valence-electron chi connectivity index (χ0n) is 7.24. The van der Waals surface area contributed by atoms with Gasteiger partial charge in [0.2, 0.25) is 0 Å². The van der Waals surface area contributed by atoms with Crippen LogP contribution in [0.25, 0.3) is 11.0 Å². The van der Waals surface area contributed by atoms with E-state index in [1.807, 2.05) is 6.07 Å². The summed E-state index contributed by atoms with van der Waals surface area (Å²) in [6, 6.07) is 5.62. The van der Waals surface area contributed by atoms with Crippen LogP contribution < -0.4 is 0 Å². The Morgan fingerprint density at radius 3 is 3.07 bits per heavy atom. The first-order chi connectivity index (χ1) is 6.81. The molecule has 0 fully saturated rings. The first-order valence-corrected chi connectivity index (χ1v) is 4.45. The summed E-state index contributed by atoms with van der Waals surface area (Å²) in [7, 11) is 0. The van der Waals surface area contributed by atoms with Crippen molar-refractivity contribution in [3.8, 4) is 6.07 Å². The molecule has 0 spiro atoms. The van der Waals surface area contributed by atoms with E-state index < -0.39 is 0 Å². The Morgan fingerprint density at radius 2 is 2.29 bits per heavy atom. The summed E-state index contributed by atoms with van der Waals surface area (Å²) in [5.74, 6) is 0. The molecule has 2 aromatic rings. The third-order valence-electron chi connectivity index (χ3n) is 1.88. The molecule has 3 nitrogen and oxygen atoms in total. The fraction of sp³-hybridized carbons (Fsp3) is 0.100. The average molecular weight is 204 g/mol. The fourth-order valence-corrected chi connectivity index (χ4v) is 1.43. The lowest BCUT2D eigenvalue weighted by Crippen LogP contribution is -1.88. The normalized spacial score (nSPS) is 10.0. The third kappa shape index (κ3) is 1.52. The smallest absolute Gasteiger partial charge is 0.160 e. The highest BCUT2D eigenvalue weighted by Crippen LogP contribution is 2.20. The van der Waals surface area contributed by atoms with Crippen LogP contribution >= 0.6 is 11.6 Å². The van der Waals surface area contributed by atoms with Gasteiger partial charge >= 0.3 is 0 Å². The molecule has 0 aliphatic heterocycles. The zero-order chi connectivity index (χ0) is 9.97. The minimum absolute atomic E-state index is 0.341. The predicted octanol–water partition coefficient (Wildman–Crippen LogP) is 2.35. The van der Waals surface area contributed by atoms with Gasteiger partial charge in [-0.1, -0.05) is 11.6 Å². The Bertz CT molecular complexity index is 516. The molecule has 68 valence electrons. The lowest BCUT2D eigenvalue weighted by molar-refractivity contribution is 1.20. The van der Waals surface area contributed by atoms with Gasteiger partial charge in [-0.05, 0) is 17.7 Å². The minimum Gasteiger partial charge on any atom is -0.237 e. The third-order valence-corrected chi connectivity index (χ3v) is 2.21. The van der Waals surface area contributed by atoms with E-state index in [0.717, 1.165) is 10.9 Å². The molecular weight excluding hydrogens is 198 g/mol. The number of hydrogen-bond donors (Lipinski definition) is 0. The highest BCUT2D eigenvalue weighted by molar-refractivity contribution is 6.35. The number of aromatic nitrogens is 2. The molecule has 4 heteroatoms. The van der Waals surface area contributed by atoms with Crippen LogP contribution in [0.5, 0.6) is 0 Å². The SMILES string of the molecule is N#CCc1cnc2nccc(Cl)c2c1. The fourth-order valence-electron chi connectivity index (χ4n) is 1.23. The highest BCUT2D eigenvalue weighted by atomic mass is 35.5. The molecule has 0 aromatic carbocycles. The van der Waals surface area contributed by atoms with E-state index in [1.165, 1.54) is 0 Å².